The molecule has 1 aliphatic carbocycles. The van der Waals surface area contributed by atoms with E-state index in [0.29, 0.717) is 6.54 Å². The molecule has 0 aromatic heterocycles. The Kier molecular flexibility index (Phi) is 2.62. The average molecular weight is 204 g/mol. The van der Waals surface area contributed by atoms with Crippen LogP contribution in [0, 0.1) is 0 Å². The van der Waals surface area contributed by atoms with Gasteiger partial charge in [-0.3, -0.25) is 4.79 Å². The van der Waals surface area contributed by atoms with Crippen LogP contribution in [-0.4, -0.2) is 18.0 Å². The number of para-hydroxylation sites is 1. The Morgan fingerprint density at radius 2 is 2.00 bits per heavy atom. The fraction of sp³-hybridized carbons (Fsp3) is 0.417. The largest absolute Gasteiger partial charge is 0.376 e. The molecule has 0 atom stereocenters. The Hall–Kier alpha value is -1.51. The monoisotopic (exact) mass is 204 g/mol. The lowest BCUT2D eigenvalue weighted by atomic mass is 10.3. The molecule has 1 saturated carbocycles. The van der Waals surface area contributed by atoms with Crippen LogP contribution in [-0.2, 0) is 4.79 Å². The number of carbonyl (C=O) groups excluding carboxylic acids is 1. The van der Waals surface area contributed by atoms with Crippen molar-refractivity contribution >= 4 is 11.6 Å². The van der Waals surface area contributed by atoms with Crippen molar-refractivity contribution in [2.75, 3.05) is 11.9 Å². The minimum absolute atomic E-state index is 0.0684. The van der Waals surface area contributed by atoms with Crippen molar-refractivity contribution in [1.29, 1.82) is 0 Å². The van der Waals surface area contributed by atoms with E-state index in [0.717, 1.165) is 18.5 Å². The second kappa shape index (κ2) is 3.93. The molecule has 2 rings (SSSR count). The number of hydrogen-bond donors (Lipinski definition) is 2. The molecule has 0 bridgehead atoms. The SMILES string of the molecule is CC1(NC(=O)CNc2ccccc2)CC1. The molecular formula is C12H16N2O. The first-order valence-electron chi connectivity index (χ1n) is 5.28. The quantitative estimate of drug-likeness (QED) is 0.784. The molecule has 15 heavy (non-hydrogen) atoms. The minimum Gasteiger partial charge on any atom is -0.376 e. The number of rotatable bonds is 4. The first-order chi connectivity index (χ1) is 7.18. The molecule has 0 saturated heterocycles. The summed E-state index contributed by atoms with van der Waals surface area (Å²) < 4.78 is 0. The van der Waals surface area contributed by atoms with E-state index in [1.807, 2.05) is 30.3 Å². The number of anilines is 1. The van der Waals surface area contributed by atoms with Gasteiger partial charge in [0.15, 0.2) is 0 Å². The molecular weight excluding hydrogens is 188 g/mol. The molecule has 3 heteroatoms. The maximum absolute atomic E-state index is 11.5. The highest BCUT2D eigenvalue weighted by Gasteiger charge is 2.38. The van der Waals surface area contributed by atoms with Gasteiger partial charge in [-0.1, -0.05) is 18.2 Å². The molecule has 0 unspecified atom stereocenters. The van der Waals surface area contributed by atoms with Crippen molar-refractivity contribution in [3.63, 3.8) is 0 Å². The molecule has 0 spiro atoms. The lowest BCUT2D eigenvalue weighted by Crippen LogP contribution is -2.38. The zero-order chi connectivity index (χ0) is 10.7. The second-order valence-corrected chi connectivity index (χ2v) is 4.33. The first-order valence-corrected chi connectivity index (χ1v) is 5.28. The molecule has 3 nitrogen and oxygen atoms in total. The van der Waals surface area contributed by atoms with Gasteiger partial charge in [-0.15, -0.1) is 0 Å². The van der Waals surface area contributed by atoms with Crippen LogP contribution in [0.2, 0.25) is 0 Å². The summed E-state index contributed by atoms with van der Waals surface area (Å²) in [6, 6.07) is 9.75. The van der Waals surface area contributed by atoms with Gasteiger partial charge in [-0.05, 0) is 31.9 Å². The Bertz CT molecular complexity index is 344. The van der Waals surface area contributed by atoms with Crippen molar-refractivity contribution in [3.8, 4) is 0 Å². The van der Waals surface area contributed by atoms with Crippen molar-refractivity contribution < 1.29 is 4.79 Å². The number of benzene rings is 1. The van der Waals surface area contributed by atoms with Gasteiger partial charge in [-0.2, -0.15) is 0 Å². The highest BCUT2D eigenvalue weighted by Crippen LogP contribution is 2.33. The normalized spacial score (nSPS) is 16.9. The molecule has 80 valence electrons. The maximum Gasteiger partial charge on any atom is 0.239 e. The van der Waals surface area contributed by atoms with E-state index in [1.165, 1.54) is 0 Å². The third-order valence-corrected chi connectivity index (χ3v) is 2.67. The van der Waals surface area contributed by atoms with Gasteiger partial charge in [0.2, 0.25) is 5.91 Å². The van der Waals surface area contributed by atoms with E-state index >= 15 is 0 Å². The van der Waals surface area contributed by atoms with Crippen LogP contribution in [0.25, 0.3) is 0 Å². The minimum atomic E-state index is 0.0684. The Balaban J connectivity index is 1.76. The van der Waals surface area contributed by atoms with Crippen molar-refractivity contribution in [2.45, 2.75) is 25.3 Å². The summed E-state index contributed by atoms with van der Waals surface area (Å²) in [5.41, 5.74) is 1.06. The van der Waals surface area contributed by atoms with E-state index in [-0.39, 0.29) is 11.4 Å². The second-order valence-electron chi connectivity index (χ2n) is 4.33. The molecule has 0 radical (unpaired) electrons. The fourth-order valence-corrected chi connectivity index (χ4v) is 1.43. The van der Waals surface area contributed by atoms with Crippen molar-refractivity contribution in [1.82, 2.24) is 5.32 Å². The predicted octanol–water partition coefficient (Wildman–Crippen LogP) is 1.77. The molecule has 2 N–H and O–H groups in total. The van der Waals surface area contributed by atoms with Crippen molar-refractivity contribution in [3.05, 3.63) is 30.3 Å². The average Bonchev–Trinajstić information content (AvgIpc) is 2.95. The third-order valence-electron chi connectivity index (χ3n) is 2.67. The number of carbonyl (C=O) groups is 1. The van der Waals surface area contributed by atoms with Gasteiger partial charge >= 0.3 is 0 Å². The zero-order valence-electron chi connectivity index (χ0n) is 8.92. The van der Waals surface area contributed by atoms with Crippen LogP contribution in [0.3, 0.4) is 0 Å². The van der Waals surface area contributed by atoms with E-state index in [4.69, 9.17) is 0 Å². The number of hydrogen-bond acceptors (Lipinski definition) is 2. The standard InChI is InChI=1S/C12H16N2O/c1-12(7-8-12)14-11(15)9-13-10-5-3-2-4-6-10/h2-6,13H,7-9H2,1H3,(H,14,15). The van der Waals surface area contributed by atoms with Crippen LogP contribution in [0.4, 0.5) is 5.69 Å². The summed E-state index contributed by atoms with van der Waals surface area (Å²) in [5.74, 6) is 0.0684. The molecule has 0 aliphatic heterocycles. The maximum atomic E-state index is 11.5. The van der Waals surface area contributed by atoms with E-state index in [2.05, 4.69) is 17.6 Å². The molecule has 1 aromatic carbocycles. The summed E-state index contributed by atoms with van der Waals surface area (Å²) in [4.78, 5) is 11.5. The van der Waals surface area contributed by atoms with Crippen LogP contribution in [0.1, 0.15) is 19.8 Å². The summed E-state index contributed by atoms with van der Waals surface area (Å²) in [6.07, 6.45) is 2.20. The Labute approximate surface area is 89.9 Å². The molecule has 1 aromatic rings. The highest BCUT2D eigenvalue weighted by molar-refractivity contribution is 5.81. The Morgan fingerprint density at radius 3 is 2.60 bits per heavy atom. The van der Waals surface area contributed by atoms with Gasteiger partial charge in [0.05, 0.1) is 6.54 Å². The predicted molar refractivity (Wildman–Crippen MR) is 60.7 cm³/mol. The highest BCUT2D eigenvalue weighted by atomic mass is 16.2. The Morgan fingerprint density at radius 1 is 1.33 bits per heavy atom. The molecule has 0 heterocycles. The number of nitrogens with one attached hydrogen (secondary N) is 2. The zero-order valence-corrected chi connectivity index (χ0v) is 8.92. The summed E-state index contributed by atoms with van der Waals surface area (Å²) in [6.45, 7) is 2.42. The van der Waals surface area contributed by atoms with Crippen LogP contribution in [0.15, 0.2) is 30.3 Å². The van der Waals surface area contributed by atoms with E-state index in [1.54, 1.807) is 0 Å². The summed E-state index contributed by atoms with van der Waals surface area (Å²) >= 11 is 0. The molecule has 1 fully saturated rings. The van der Waals surface area contributed by atoms with Crippen LogP contribution < -0.4 is 10.6 Å². The van der Waals surface area contributed by atoms with Gasteiger partial charge in [0.1, 0.15) is 0 Å². The fourth-order valence-electron chi connectivity index (χ4n) is 1.43. The van der Waals surface area contributed by atoms with Gasteiger partial charge in [0, 0.05) is 11.2 Å². The third kappa shape index (κ3) is 2.98. The smallest absolute Gasteiger partial charge is 0.239 e. The van der Waals surface area contributed by atoms with E-state index < -0.39 is 0 Å². The van der Waals surface area contributed by atoms with E-state index in [9.17, 15) is 4.79 Å². The lowest BCUT2D eigenvalue weighted by molar-refractivity contribution is -0.120. The van der Waals surface area contributed by atoms with Gasteiger partial charge in [-0.25, -0.2) is 0 Å². The molecule has 1 aliphatic rings. The lowest BCUT2D eigenvalue weighted by Gasteiger charge is -2.12. The molecule has 1 amide bonds. The summed E-state index contributed by atoms with van der Waals surface area (Å²) in [7, 11) is 0. The van der Waals surface area contributed by atoms with Crippen LogP contribution in [0.5, 0.6) is 0 Å². The van der Waals surface area contributed by atoms with Gasteiger partial charge in [0.25, 0.3) is 0 Å². The topological polar surface area (TPSA) is 41.1 Å². The van der Waals surface area contributed by atoms with Crippen LogP contribution >= 0.6 is 0 Å². The van der Waals surface area contributed by atoms with Gasteiger partial charge < -0.3 is 10.6 Å². The summed E-state index contributed by atoms with van der Waals surface area (Å²) in [5, 5.41) is 6.08. The van der Waals surface area contributed by atoms with Crippen molar-refractivity contribution in [2.24, 2.45) is 0 Å². The number of amides is 1. The first kappa shape index (κ1) is 10.0.